The van der Waals surface area contributed by atoms with Crippen LogP contribution in [0, 0.1) is 0 Å². The summed E-state index contributed by atoms with van der Waals surface area (Å²) in [5.41, 5.74) is 7.88. The molecule has 30 heavy (non-hydrogen) atoms. The zero-order valence-electron chi connectivity index (χ0n) is 17.0. The Morgan fingerprint density at radius 1 is 1.17 bits per heavy atom. The van der Waals surface area contributed by atoms with E-state index in [1.54, 1.807) is 12.1 Å². The van der Waals surface area contributed by atoms with Crippen LogP contribution in [0.4, 0.5) is 5.69 Å². The Morgan fingerprint density at radius 2 is 1.97 bits per heavy atom. The number of para-hydroxylation sites is 1. The normalized spacial score (nSPS) is 20.9. The topological polar surface area (TPSA) is 88.2 Å². The zero-order chi connectivity index (χ0) is 21.1. The van der Waals surface area contributed by atoms with E-state index in [0.717, 1.165) is 36.3 Å². The standard InChI is InChI=1S/C23H26N4O3/c1-30-19-11-5-7-16(14-19)13-18-10-6-12-26(18)23(29)20-15-21(22(24)28)27(25-20)17-8-3-2-4-9-17/h2-5,7-9,11,14,18,21H,6,10,12-13,15H2,1H3,(H2,24,28). The second-order valence-corrected chi connectivity index (χ2v) is 7.70. The molecule has 0 aromatic heterocycles. The van der Waals surface area contributed by atoms with Crippen LogP contribution >= 0.6 is 0 Å². The Kier molecular flexibility index (Phi) is 5.70. The van der Waals surface area contributed by atoms with Gasteiger partial charge in [-0.25, -0.2) is 0 Å². The number of likely N-dealkylation sites (tertiary alicyclic amines) is 1. The van der Waals surface area contributed by atoms with Gasteiger partial charge >= 0.3 is 0 Å². The molecule has 2 amide bonds. The first-order chi connectivity index (χ1) is 14.6. The van der Waals surface area contributed by atoms with Crippen LogP contribution in [0.3, 0.4) is 0 Å². The third-order valence-electron chi connectivity index (χ3n) is 5.75. The Hall–Kier alpha value is -3.35. The van der Waals surface area contributed by atoms with E-state index in [1.807, 2.05) is 53.4 Å². The molecular formula is C23H26N4O3. The van der Waals surface area contributed by atoms with Crippen LogP contribution in [-0.2, 0) is 16.0 Å². The number of hydrazone groups is 1. The molecule has 156 valence electrons. The van der Waals surface area contributed by atoms with Crippen molar-refractivity contribution in [3.8, 4) is 5.75 Å². The number of benzene rings is 2. The third-order valence-corrected chi connectivity index (χ3v) is 5.75. The number of methoxy groups -OCH3 is 1. The highest BCUT2D eigenvalue weighted by Crippen LogP contribution is 2.28. The number of amides is 2. The zero-order valence-corrected chi connectivity index (χ0v) is 17.0. The van der Waals surface area contributed by atoms with Gasteiger partial charge in [0.1, 0.15) is 17.5 Å². The molecular weight excluding hydrogens is 380 g/mol. The fraction of sp³-hybridized carbons (Fsp3) is 0.348. The molecule has 1 fully saturated rings. The molecule has 7 heteroatoms. The predicted molar refractivity (Wildman–Crippen MR) is 115 cm³/mol. The first kappa shape index (κ1) is 19.9. The number of hydrogen-bond acceptors (Lipinski definition) is 5. The molecule has 0 saturated carbocycles. The maximum atomic E-state index is 13.3. The highest BCUT2D eigenvalue weighted by atomic mass is 16.5. The second-order valence-electron chi connectivity index (χ2n) is 7.70. The van der Waals surface area contributed by atoms with Crippen molar-refractivity contribution in [1.82, 2.24) is 4.90 Å². The number of hydrogen-bond donors (Lipinski definition) is 1. The summed E-state index contributed by atoms with van der Waals surface area (Å²) in [7, 11) is 1.65. The Morgan fingerprint density at radius 3 is 2.70 bits per heavy atom. The van der Waals surface area contributed by atoms with Crippen molar-refractivity contribution in [2.24, 2.45) is 10.8 Å². The van der Waals surface area contributed by atoms with Crippen LogP contribution in [0.2, 0.25) is 0 Å². The molecule has 2 heterocycles. The van der Waals surface area contributed by atoms with Crippen LogP contribution in [0.5, 0.6) is 5.75 Å². The summed E-state index contributed by atoms with van der Waals surface area (Å²) in [5, 5.41) is 6.08. The lowest BCUT2D eigenvalue weighted by Crippen LogP contribution is -2.42. The van der Waals surface area contributed by atoms with E-state index in [2.05, 4.69) is 11.2 Å². The monoisotopic (exact) mass is 406 g/mol. The molecule has 0 aliphatic carbocycles. The summed E-state index contributed by atoms with van der Waals surface area (Å²) < 4.78 is 5.31. The molecule has 2 aliphatic rings. The SMILES string of the molecule is COc1cccc(CC2CCCN2C(=O)C2=NN(c3ccccc3)C(C(N)=O)C2)c1. The van der Waals surface area contributed by atoms with Gasteiger partial charge < -0.3 is 15.4 Å². The van der Waals surface area contributed by atoms with Gasteiger partial charge in [0.25, 0.3) is 5.91 Å². The maximum Gasteiger partial charge on any atom is 0.270 e. The Bertz CT molecular complexity index is 960. The molecule has 7 nitrogen and oxygen atoms in total. The number of carbonyl (C=O) groups excluding carboxylic acids is 2. The smallest absolute Gasteiger partial charge is 0.270 e. The number of rotatable bonds is 6. The number of carbonyl (C=O) groups is 2. The van der Waals surface area contributed by atoms with Gasteiger partial charge in [-0.1, -0.05) is 30.3 Å². The summed E-state index contributed by atoms with van der Waals surface area (Å²) in [6.07, 6.45) is 2.89. The number of ether oxygens (including phenoxy) is 1. The van der Waals surface area contributed by atoms with Gasteiger partial charge in [0, 0.05) is 19.0 Å². The van der Waals surface area contributed by atoms with Crippen LogP contribution in [0.1, 0.15) is 24.8 Å². The van der Waals surface area contributed by atoms with E-state index in [4.69, 9.17) is 10.5 Å². The average Bonchev–Trinajstić information content (AvgIpc) is 3.41. The molecule has 2 aliphatic heterocycles. The lowest BCUT2D eigenvalue weighted by Gasteiger charge is -2.24. The molecule has 0 radical (unpaired) electrons. The van der Waals surface area contributed by atoms with Crippen LogP contribution in [0.25, 0.3) is 0 Å². The van der Waals surface area contributed by atoms with Crippen molar-refractivity contribution in [3.05, 3.63) is 60.2 Å². The minimum Gasteiger partial charge on any atom is -0.497 e. The van der Waals surface area contributed by atoms with E-state index in [1.165, 1.54) is 0 Å². The molecule has 2 aromatic rings. The molecule has 0 spiro atoms. The van der Waals surface area contributed by atoms with E-state index in [9.17, 15) is 9.59 Å². The van der Waals surface area contributed by atoms with Gasteiger partial charge in [-0.3, -0.25) is 14.6 Å². The third kappa shape index (κ3) is 4.01. The summed E-state index contributed by atoms with van der Waals surface area (Å²) in [5.74, 6) is 0.219. The van der Waals surface area contributed by atoms with Crippen LogP contribution in [-0.4, -0.2) is 48.2 Å². The van der Waals surface area contributed by atoms with Crippen molar-refractivity contribution >= 4 is 23.2 Å². The van der Waals surface area contributed by atoms with Crippen molar-refractivity contribution in [2.45, 2.75) is 37.8 Å². The van der Waals surface area contributed by atoms with Gasteiger partial charge in [0.2, 0.25) is 5.91 Å². The quantitative estimate of drug-likeness (QED) is 0.798. The summed E-state index contributed by atoms with van der Waals surface area (Å²) in [4.78, 5) is 27.2. The minimum absolute atomic E-state index is 0.102. The van der Waals surface area contributed by atoms with Crippen LogP contribution in [0.15, 0.2) is 59.7 Å². The van der Waals surface area contributed by atoms with Crippen molar-refractivity contribution in [3.63, 3.8) is 0 Å². The van der Waals surface area contributed by atoms with Gasteiger partial charge in [0.15, 0.2) is 0 Å². The molecule has 4 rings (SSSR count). The van der Waals surface area contributed by atoms with E-state index in [-0.39, 0.29) is 18.4 Å². The van der Waals surface area contributed by atoms with Crippen LogP contribution < -0.4 is 15.5 Å². The fourth-order valence-corrected chi connectivity index (χ4v) is 4.23. The number of primary amides is 1. The van der Waals surface area contributed by atoms with Gasteiger partial charge in [-0.15, -0.1) is 0 Å². The number of nitrogens with two attached hydrogens (primary N) is 1. The average molecular weight is 406 g/mol. The molecule has 2 unspecified atom stereocenters. The van der Waals surface area contributed by atoms with Crippen molar-refractivity contribution < 1.29 is 14.3 Å². The second kappa shape index (κ2) is 8.57. The van der Waals surface area contributed by atoms with E-state index >= 15 is 0 Å². The lowest BCUT2D eigenvalue weighted by atomic mass is 10.0. The summed E-state index contributed by atoms with van der Waals surface area (Å²) >= 11 is 0. The van der Waals surface area contributed by atoms with E-state index < -0.39 is 11.9 Å². The molecule has 2 N–H and O–H groups in total. The number of nitrogens with zero attached hydrogens (tertiary/aromatic N) is 3. The minimum atomic E-state index is -0.647. The predicted octanol–water partition coefficient (Wildman–Crippen LogP) is 2.35. The van der Waals surface area contributed by atoms with Gasteiger partial charge in [-0.2, -0.15) is 5.10 Å². The Labute approximate surface area is 176 Å². The molecule has 0 bridgehead atoms. The molecule has 2 aromatic carbocycles. The Balaban J connectivity index is 1.53. The molecule has 2 atom stereocenters. The van der Waals surface area contributed by atoms with Crippen molar-refractivity contribution in [1.29, 1.82) is 0 Å². The first-order valence-corrected chi connectivity index (χ1v) is 10.2. The summed E-state index contributed by atoms with van der Waals surface area (Å²) in [6.45, 7) is 0.694. The first-order valence-electron chi connectivity index (χ1n) is 10.2. The van der Waals surface area contributed by atoms with Crippen molar-refractivity contribution in [2.75, 3.05) is 18.7 Å². The largest absolute Gasteiger partial charge is 0.497 e. The summed E-state index contributed by atoms with van der Waals surface area (Å²) in [6, 6.07) is 16.7. The fourth-order valence-electron chi connectivity index (χ4n) is 4.23. The van der Waals surface area contributed by atoms with Gasteiger partial charge in [0.05, 0.1) is 12.8 Å². The lowest BCUT2D eigenvalue weighted by molar-refractivity contribution is -0.124. The molecule has 1 saturated heterocycles. The van der Waals surface area contributed by atoms with Gasteiger partial charge in [-0.05, 0) is 49.1 Å². The maximum absolute atomic E-state index is 13.3. The number of anilines is 1. The highest BCUT2D eigenvalue weighted by Gasteiger charge is 2.39. The highest BCUT2D eigenvalue weighted by molar-refractivity contribution is 6.40. The van der Waals surface area contributed by atoms with E-state index in [0.29, 0.717) is 12.3 Å².